The lowest BCUT2D eigenvalue weighted by molar-refractivity contribution is 0.485. The highest BCUT2D eigenvalue weighted by molar-refractivity contribution is 5.80. The molecule has 0 fully saturated rings. The summed E-state index contributed by atoms with van der Waals surface area (Å²) in [7, 11) is 0. The Morgan fingerprint density at radius 2 is 1.57 bits per heavy atom. The Hall–Kier alpha value is -2.61. The zero-order valence-corrected chi connectivity index (χ0v) is 13.5. The fourth-order valence-electron chi connectivity index (χ4n) is 2.60. The van der Waals surface area contributed by atoms with Crippen molar-refractivity contribution < 1.29 is 4.39 Å². The molecule has 0 bridgehead atoms. The first kappa shape index (κ1) is 15.3. The number of halogens is 1. The first-order valence-electron chi connectivity index (χ1n) is 7.75. The van der Waals surface area contributed by atoms with E-state index >= 15 is 0 Å². The van der Waals surface area contributed by atoms with Crippen LogP contribution in [0.15, 0.2) is 72.9 Å². The summed E-state index contributed by atoms with van der Waals surface area (Å²) in [5.74, 6) is 0. The van der Waals surface area contributed by atoms with Crippen LogP contribution in [-0.4, -0.2) is 4.57 Å². The molecule has 0 spiro atoms. The molecular formula is C21H20FN. The highest BCUT2D eigenvalue weighted by Crippen LogP contribution is 2.19. The van der Waals surface area contributed by atoms with E-state index < -0.39 is 6.67 Å². The van der Waals surface area contributed by atoms with Crippen LogP contribution in [-0.2, 0) is 6.67 Å². The van der Waals surface area contributed by atoms with Gasteiger partial charge in [0.25, 0.3) is 0 Å². The molecule has 116 valence electrons. The van der Waals surface area contributed by atoms with Crippen LogP contribution in [0.1, 0.15) is 16.7 Å². The molecular weight excluding hydrogens is 285 g/mol. The number of hydrogen-bond donors (Lipinski definition) is 0. The summed E-state index contributed by atoms with van der Waals surface area (Å²) in [4.78, 5) is 0. The number of aromatic nitrogens is 1. The summed E-state index contributed by atoms with van der Waals surface area (Å²) in [6.45, 7) is 3.70. The lowest BCUT2D eigenvalue weighted by Gasteiger charge is -2.10. The molecule has 3 rings (SSSR count). The number of nitrogens with zero attached hydrogens (tertiary/aromatic N) is 1. The maximum atomic E-state index is 13.0. The minimum Gasteiger partial charge on any atom is -0.317 e. The van der Waals surface area contributed by atoms with Gasteiger partial charge in [0, 0.05) is 11.9 Å². The molecule has 0 radical (unpaired) electrons. The SMILES string of the molecule is Cc1ccc(-n2ccc(C)cccc3cc(CF)ccc32)cc1. The predicted molar refractivity (Wildman–Crippen MR) is 95.2 cm³/mol. The summed E-state index contributed by atoms with van der Waals surface area (Å²) in [5.41, 5.74) is 5.22. The Labute approximate surface area is 136 Å². The van der Waals surface area contributed by atoms with Crippen LogP contribution in [0.4, 0.5) is 4.39 Å². The van der Waals surface area contributed by atoms with Gasteiger partial charge in [-0.25, -0.2) is 4.39 Å². The Morgan fingerprint density at radius 1 is 0.826 bits per heavy atom. The standard InChI is InChI=1S/C21H20FN/c1-16-4-3-5-19-14-18(15-22)8-11-21(19)23(13-12-16)20-9-6-17(2)7-10-20/h3-14H,15H2,1-2H3. The van der Waals surface area contributed by atoms with E-state index in [2.05, 4.69) is 61.0 Å². The van der Waals surface area contributed by atoms with E-state index in [1.807, 2.05) is 30.3 Å². The third kappa shape index (κ3) is 3.42. The lowest BCUT2D eigenvalue weighted by atomic mass is 10.1. The highest BCUT2D eigenvalue weighted by Gasteiger charge is 2.01. The van der Waals surface area contributed by atoms with Gasteiger partial charge in [0.1, 0.15) is 6.67 Å². The van der Waals surface area contributed by atoms with Gasteiger partial charge in [0.05, 0.1) is 5.52 Å². The molecule has 1 heterocycles. The van der Waals surface area contributed by atoms with Crippen LogP contribution >= 0.6 is 0 Å². The molecule has 0 aliphatic carbocycles. The van der Waals surface area contributed by atoms with Crippen molar-refractivity contribution in [1.82, 2.24) is 4.57 Å². The fraction of sp³-hybridized carbons (Fsp3) is 0.143. The van der Waals surface area contributed by atoms with Crippen LogP contribution in [0.25, 0.3) is 16.6 Å². The van der Waals surface area contributed by atoms with Gasteiger partial charge >= 0.3 is 0 Å². The molecule has 0 amide bonds. The second kappa shape index (κ2) is 6.66. The molecule has 2 heteroatoms. The van der Waals surface area contributed by atoms with Gasteiger partial charge in [-0.05, 0) is 60.7 Å². The van der Waals surface area contributed by atoms with Gasteiger partial charge in [-0.2, -0.15) is 0 Å². The molecule has 1 aromatic heterocycles. The van der Waals surface area contributed by atoms with Crippen molar-refractivity contribution in [1.29, 1.82) is 0 Å². The van der Waals surface area contributed by atoms with Crippen LogP contribution in [0.3, 0.4) is 0 Å². The van der Waals surface area contributed by atoms with Crippen LogP contribution in [0, 0.1) is 13.8 Å². The minimum absolute atomic E-state index is 0.448. The molecule has 2 aromatic carbocycles. The highest BCUT2D eigenvalue weighted by atomic mass is 19.1. The van der Waals surface area contributed by atoms with E-state index in [4.69, 9.17) is 0 Å². The van der Waals surface area contributed by atoms with Crippen LogP contribution < -0.4 is 0 Å². The van der Waals surface area contributed by atoms with Crippen molar-refractivity contribution in [3.63, 3.8) is 0 Å². The van der Waals surface area contributed by atoms with Gasteiger partial charge in [-0.15, -0.1) is 0 Å². The van der Waals surface area contributed by atoms with E-state index in [0.717, 1.165) is 22.2 Å². The van der Waals surface area contributed by atoms with E-state index in [1.54, 1.807) is 0 Å². The number of hydrogen-bond acceptors (Lipinski definition) is 0. The monoisotopic (exact) mass is 305 g/mol. The molecule has 1 nitrogen and oxygen atoms in total. The van der Waals surface area contributed by atoms with E-state index in [0.29, 0.717) is 5.56 Å². The number of aryl methyl sites for hydroxylation is 2. The molecule has 0 N–H and O–H groups in total. The zero-order valence-electron chi connectivity index (χ0n) is 13.5. The fourth-order valence-corrected chi connectivity index (χ4v) is 2.60. The molecule has 0 saturated heterocycles. The molecule has 0 aliphatic rings. The molecule has 23 heavy (non-hydrogen) atoms. The minimum atomic E-state index is -0.448. The second-order valence-corrected chi connectivity index (χ2v) is 5.82. The van der Waals surface area contributed by atoms with Crippen molar-refractivity contribution >= 4 is 10.9 Å². The largest absolute Gasteiger partial charge is 0.317 e. The summed E-state index contributed by atoms with van der Waals surface area (Å²) in [6.07, 6.45) is 2.07. The quantitative estimate of drug-likeness (QED) is 0.560. The molecule has 0 saturated carbocycles. The van der Waals surface area contributed by atoms with Gasteiger partial charge in [0.2, 0.25) is 0 Å². The number of rotatable bonds is 2. The smallest absolute Gasteiger partial charge is 0.115 e. The average molecular weight is 305 g/mol. The summed E-state index contributed by atoms with van der Waals surface area (Å²) in [5, 5.41) is 1.01. The van der Waals surface area contributed by atoms with Crippen molar-refractivity contribution in [3.05, 3.63) is 89.6 Å². The molecule has 0 aliphatic heterocycles. The third-order valence-corrected chi connectivity index (χ3v) is 3.94. The van der Waals surface area contributed by atoms with Gasteiger partial charge in [-0.3, -0.25) is 0 Å². The second-order valence-electron chi connectivity index (χ2n) is 5.82. The van der Waals surface area contributed by atoms with Crippen molar-refractivity contribution in [3.8, 4) is 5.69 Å². The maximum Gasteiger partial charge on any atom is 0.115 e. The van der Waals surface area contributed by atoms with Gasteiger partial charge in [0.15, 0.2) is 0 Å². The van der Waals surface area contributed by atoms with Crippen LogP contribution in [0.2, 0.25) is 0 Å². The van der Waals surface area contributed by atoms with Gasteiger partial charge < -0.3 is 4.57 Å². The first-order valence-corrected chi connectivity index (χ1v) is 7.75. The van der Waals surface area contributed by atoms with E-state index in [9.17, 15) is 4.39 Å². The molecule has 3 aromatic rings. The number of alkyl halides is 1. The summed E-state index contributed by atoms with van der Waals surface area (Å²) < 4.78 is 15.2. The summed E-state index contributed by atoms with van der Waals surface area (Å²) >= 11 is 0. The maximum absolute atomic E-state index is 13.0. The predicted octanol–water partition coefficient (Wildman–Crippen LogP) is 5.84. The average Bonchev–Trinajstić information content (AvgIpc) is 2.64. The Morgan fingerprint density at radius 3 is 2.30 bits per heavy atom. The van der Waals surface area contributed by atoms with E-state index in [-0.39, 0.29) is 0 Å². The Balaban J connectivity index is 2.38. The van der Waals surface area contributed by atoms with E-state index in [1.165, 1.54) is 5.56 Å². The molecule has 0 unspecified atom stereocenters. The Kier molecular flexibility index (Phi) is 4.42. The van der Waals surface area contributed by atoms with Gasteiger partial charge in [-0.1, -0.05) is 42.0 Å². The normalized spacial score (nSPS) is 10.6. The van der Waals surface area contributed by atoms with Crippen molar-refractivity contribution in [2.75, 3.05) is 0 Å². The zero-order chi connectivity index (χ0) is 16.2. The topological polar surface area (TPSA) is 4.93 Å². The number of fused-ring (bicyclic) bond motifs is 1. The summed E-state index contributed by atoms with van der Waals surface area (Å²) in [6, 6.07) is 22.3. The lowest BCUT2D eigenvalue weighted by Crippen LogP contribution is -1.95. The first-order chi connectivity index (χ1) is 11.2. The molecule has 0 atom stereocenters. The van der Waals surface area contributed by atoms with Crippen molar-refractivity contribution in [2.45, 2.75) is 20.5 Å². The number of benzene rings is 2. The van der Waals surface area contributed by atoms with Crippen molar-refractivity contribution in [2.24, 2.45) is 0 Å². The Bertz CT molecular complexity index is 874. The van der Waals surface area contributed by atoms with Crippen LogP contribution in [0.5, 0.6) is 0 Å². The third-order valence-electron chi connectivity index (χ3n) is 3.94.